The number of carboxylic acids is 1. The van der Waals surface area contributed by atoms with E-state index in [1.165, 1.54) is 0 Å². The maximum absolute atomic E-state index is 10.8. The number of likely N-dealkylation sites (tertiary alicyclic amines) is 1. The SMILES string of the molecule is CC(C(=O)O)C1CN(Cc2ccc(C#N)cc2)C1. The Balaban J connectivity index is 1.83. The van der Waals surface area contributed by atoms with Gasteiger partial charge in [0.25, 0.3) is 0 Å². The molecule has 1 heterocycles. The summed E-state index contributed by atoms with van der Waals surface area (Å²) in [6, 6.07) is 9.62. The summed E-state index contributed by atoms with van der Waals surface area (Å²) in [7, 11) is 0. The number of nitrogens with zero attached hydrogens (tertiary/aromatic N) is 2. The van der Waals surface area contributed by atoms with Gasteiger partial charge in [-0.3, -0.25) is 9.69 Å². The minimum atomic E-state index is -0.710. The average molecular weight is 244 g/mol. The van der Waals surface area contributed by atoms with E-state index < -0.39 is 5.97 Å². The molecule has 18 heavy (non-hydrogen) atoms. The van der Waals surface area contributed by atoms with Gasteiger partial charge in [-0.05, 0) is 23.6 Å². The van der Waals surface area contributed by atoms with Crippen LogP contribution in [0.1, 0.15) is 18.1 Å². The molecule has 1 aliphatic heterocycles. The van der Waals surface area contributed by atoms with Crippen LogP contribution < -0.4 is 0 Å². The molecule has 0 amide bonds. The highest BCUT2D eigenvalue weighted by Gasteiger charge is 2.34. The Morgan fingerprint density at radius 1 is 1.50 bits per heavy atom. The fourth-order valence-electron chi connectivity index (χ4n) is 2.20. The summed E-state index contributed by atoms with van der Waals surface area (Å²) in [5.74, 6) is -0.707. The molecule has 1 N–H and O–H groups in total. The quantitative estimate of drug-likeness (QED) is 0.875. The molecule has 4 nitrogen and oxygen atoms in total. The third kappa shape index (κ3) is 2.69. The van der Waals surface area contributed by atoms with Crippen molar-refractivity contribution in [2.45, 2.75) is 13.5 Å². The van der Waals surface area contributed by atoms with Crippen LogP contribution in [-0.4, -0.2) is 29.1 Å². The largest absolute Gasteiger partial charge is 0.481 e. The Kier molecular flexibility index (Phi) is 3.63. The summed E-state index contributed by atoms with van der Waals surface area (Å²) in [5.41, 5.74) is 1.83. The van der Waals surface area contributed by atoms with Crippen molar-refractivity contribution in [2.24, 2.45) is 11.8 Å². The molecule has 0 radical (unpaired) electrons. The highest BCUT2D eigenvalue weighted by molar-refractivity contribution is 5.70. The van der Waals surface area contributed by atoms with Crippen LogP contribution in [0, 0.1) is 23.2 Å². The standard InChI is InChI=1S/C14H16N2O2/c1-10(14(17)18)13-8-16(9-13)7-12-4-2-11(6-15)3-5-12/h2-5,10,13H,7-9H2,1H3,(H,17,18). The molecule has 0 saturated carbocycles. The van der Waals surface area contributed by atoms with Crippen molar-refractivity contribution in [3.05, 3.63) is 35.4 Å². The van der Waals surface area contributed by atoms with E-state index in [1.54, 1.807) is 6.92 Å². The first kappa shape index (κ1) is 12.6. The van der Waals surface area contributed by atoms with E-state index in [1.807, 2.05) is 24.3 Å². The molecule has 4 heteroatoms. The van der Waals surface area contributed by atoms with E-state index in [0.717, 1.165) is 25.2 Å². The fraction of sp³-hybridized carbons (Fsp3) is 0.429. The Hall–Kier alpha value is -1.86. The summed E-state index contributed by atoms with van der Waals surface area (Å²) in [6.07, 6.45) is 0. The summed E-state index contributed by atoms with van der Waals surface area (Å²) >= 11 is 0. The third-order valence-electron chi connectivity index (χ3n) is 3.57. The number of carboxylic acid groups (broad SMARTS) is 1. The first-order valence-corrected chi connectivity index (χ1v) is 6.04. The van der Waals surface area contributed by atoms with Crippen LogP contribution in [0.4, 0.5) is 0 Å². The van der Waals surface area contributed by atoms with Crippen LogP contribution in [0.3, 0.4) is 0 Å². The summed E-state index contributed by atoms with van der Waals surface area (Å²) in [5, 5.41) is 17.6. The van der Waals surface area contributed by atoms with Crippen molar-refractivity contribution in [3.8, 4) is 6.07 Å². The Morgan fingerprint density at radius 2 is 2.11 bits per heavy atom. The van der Waals surface area contributed by atoms with Gasteiger partial charge < -0.3 is 5.11 Å². The Bertz CT molecular complexity index is 470. The van der Waals surface area contributed by atoms with Gasteiger partial charge >= 0.3 is 5.97 Å². The van der Waals surface area contributed by atoms with Gasteiger partial charge in [-0.15, -0.1) is 0 Å². The van der Waals surface area contributed by atoms with E-state index in [4.69, 9.17) is 10.4 Å². The number of benzene rings is 1. The van der Waals surface area contributed by atoms with Crippen molar-refractivity contribution in [1.82, 2.24) is 4.90 Å². The van der Waals surface area contributed by atoms with E-state index in [9.17, 15) is 4.79 Å². The number of rotatable bonds is 4. The predicted molar refractivity (Wildman–Crippen MR) is 66.7 cm³/mol. The maximum atomic E-state index is 10.8. The molecule has 0 aliphatic carbocycles. The Labute approximate surface area is 106 Å². The lowest BCUT2D eigenvalue weighted by atomic mass is 9.87. The second-order valence-electron chi connectivity index (χ2n) is 4.89. The zero-order valence-electron chi connectivity index (χ0n) is 10.3. The molecule has 2 rings (SSSR count). The van der Waals surface area contributed by atoms with Crippen LogP contribution >= 0.6 is 0 Å². The van der Waals surface area contributed by atoms with Crippen molar-refractivity contribution < 1.29 is 9.90 Å². The zero-order valence-corrected chi connectivity index (χ0v) is 10.3. The third-order valence-corrected chi connectivity index (χ3v) is 3.57. The summed E-state index contributed by atoms with van der Waals surface area (Å²) in [6.45, 7) is 4.28. The van der Waals surface area contributed by atoms with E-state index >= 15 is 0 Å². The van der Waals surface area contributed by atoms with Crippen molar-refractivity contribution >= 4 is 5.97 Å². The second-order valence-corrected chi connectivity index (χ2v) is 4.89. The lowest BCUT2D eigenvalue weighted by molar-refractivity contribution is -0.145. The van der Waals surface area contributed by atoms with E-state index in [0.29, 0.717) is 5.56 Å². The van der Waals surface area contributed by atoms with E-state index in [2.05, 4.69) is 11.0 Å². The van der Waals surface area contributed by atoms with Gasteiger partial charge in [0.05, 0.1) is 17.6 Å². The minimum absolute atomic E-state index is 0.262. The van der Waals surface area contributed by atoms with Gasteiger partial charge in [-0.25, -0.2) is 0 Å². The Morgan fingerprint density at radius 3 is 2.61 bits per heavy atom. The molecule has 1 fully saturated rings. The average Bonchev–Trinajstić information content (AvgIpc) is 2.33. The van der Waals surface area contributed by atoms with E-state index in [-0.39, 0.29) is 11.8 Å². The molecule has 0 spiro atoms. The van der Waals surface area contributed by atoms with Crippen LogP contribution in [0.5, 0.6) is 0 Å². The lowest BCUT2D eigenvalue weighted by Crippen LogP contribution is -2.50. The molecule has 1 aliphatic rings. The molecule has 94 valence electrons. The first-order chi connectivity index (χ1) is 8.60. The molecule has 0 aromatic heterocycles. The number of hydrogen-bond donors (Lipinski definition) is 1. The fourth-order valence-corrected chi connectivity index (χ4v) is 2.20. The van der Waals surface area contributed by atoms with Gasteiger partial charge in [0.1, 0.15) is 0 Å². The second kappa shape index (κ2) is 5.19. The number of aliphatic carboxylic acids is 1. The number of carbonyl (C=O) groups is 1. The predicted octanol–water partition coefficient (Wildman–Crippen LogP) is 1.71. The van der Waals surface area contributed by atoms with Gasteiger partial charge in [0.15, 0.2) is 0 Å². The normalized spacial score (nSPS) is 17.8. The first-order valence-electron chi connectivity index (χ1n) is 6.04. The maximum Gasteiger partial charge on any atom is 0.306 e. The van der Waals surface area contributed by atoms with Crippen LogP contribution in [0.25, 0.3) is 0 Å². The molecule has 1 aromatic rings. The van der Waals surface area contributed by atoms with Crippen molar-refractivity contribution in [3.63, 3.8) is 0 Å². The van der Waals surface area contributed by atoms with Crippen molar-refractivity contribution in [1.29, 1.82) is 5.26 Å². The van der Waals surface area contributed by atoms with Gasteiger partial charge in [0, 0.05) is 19.6 Å². The number of nitriles is 1. The highest BCUT2D eigenvalue weighted by atomic mass is 16.4. The molecule has 0 bridgehead atoms. The molecular formula is C14H16N2O2. The van der Waals surface area contributed by atoms with Gasteiger partial charge in [0.2, 0.25) is 0 Å². The topological polar surface area (TPSA) is 64.3 Å². The zero-order chi connectivity index (χ0) is 13.1. The smallest absolute Gasteiger partial charge is 0.306 e. The van der Waals surface area contributed by atoms with Crippen LogP contribution in [0.2, 0.25) is 0 Å². The minimum Gasteiger partial charge on any atom is -0.481 e. The molecular weight excluding hydrogens is 228 g/mol. The van der Waals surface area contributed by atoms with Crippen LogP contribution in [0.15, 0.2) is 24.3 Å². The summed E-state index contributed by atoms with van der Waals surface area (Å²) < 4.78 is 0. The van der Waals surface area contributed by atoms with Crippen molar-refractivity contribution in [2.75, 3.05) is 13.1 Å². The van der Waals surface area contributed by atoms with Crippen LogP contribution in [-0.2, 0) is 11.3 Å². The molecule has 1 unspecified atom stereocenters. The van der Waals surface area contributed by atoms with Gasteiger partial charge in [-0.1, -0.05) is 19.1 Å². The molecule has 1 aromatic carbocycles. The molecule has 1 atom stereocenters. The molecule has 1 saturated heterocycles. The number of hydrogen-bond acceptors (Lipinski definition) is 3. The monoisotopic (exact) mass is 244 g/mol. The lowest BCUT2D eigenvalue weighted by Gasteiger charge is -2.41. The summed E-state index contributed by atoms with van der Waals surface area (Å²) in [4.78, 5) is 13.0. The van der Waals surface area contributed by atoms with Gasteiger partial charge in [-0.2, -0.15) is 5.26 Å². The highest BCUT2D eigenvalue weighted by Crippen LogP contribution is 2.25.